The first-order chi connectivity index (χ1) is 7.19. The SMILES string of the molecule is COC(=O)C1CC(=O)N(CCOPI)C1. The molecule has 0 N–H and O–H groups in total. The lowest BCUT2D eigenvalue weighted by Crippen LogP contribution is -2.29. The Bertz CT molecular complexity index is 251. The largest absolute Gasteiger partial charge is 0.469 e. The molecule has 15 heavy (non-hydrogen) atoms. The van der Waals surface area contributed by atoms with Crippen molar-refractivity contribution in [1.82, 2.24) is 4.90 Å². The molecule has 0 aliphatic carbocycles. The lowest BCUT2D eigenvalue weighted by atomic mass is 10.1. The first kappa shape index (κ1) is 13.1. The van der Waals surface area contributed by atoms with Gasteiger partial charge >= 0.3 is 5.97 Å². The van der Waals surface area contributed by atoms with Crippen LogP contribution in [0.15, 0.2) is 0 Å². The van der Waals surface area contributed by atoms with Gasteiger partial charge in [-0.15, -0.1) is 0 Å². The van der Waals surface area contributed by atoms with Crippen molar-refractivity contribution in [3.63, 3.8) is 0 Å². The Morgan fingerprint density at radius 1 is 1.73 bits per heavy atom. The van der Waals surface area contributed by atoms with Crippen molar-refractivity contribution < 1.29 is 18.8 Å². The lowest BCUT2D eigenvalue weighted by molar-refractivity contribution is -0.145. The summed E-state index contributed by atoms with van der Waals surface area (Å²) in [6.07, 6.45) is 0.263. The zero-order valence-electron chi connectivity index (χ0n) is 8.36. The van der Waals surface area contributed by atoms with Crippen LogP contribution in [0.2, 0.25) is 0 Å². The topological polar surface area (TPSA) is 55.8 Å². The number of halogens is 1. The molecule has 0 bridgehead atoms. The molecule has 1 aliphatic rings. The number of rotatable bonds is 5. The third-order valence-corrected chi connectivity index (χ3v) is 3.51. The molecule has 1 saturated heterocycles. The van der Waals surface area contributed by atoms with Crippen LogP contribution in [0, 0.1) is 5.92 Å². The highest BCUT2D eigenvalue weighted by Crippen LogP contribution is 2.22. The van der Waals surface area contributed by atoms with Crippen LogP contribution in [-0.2, 0) is 18.8 Å². The molecule has 0 saturated carbocycles. The van der Waals surface area contributed by atoms with Crippen LogP contribution in [-0.4, -0.2) is 43.6 Å². The molecule has 0 radical (unpaired) electrons. The zero-order valence-corrected chi connectivity index (χ0v) is 11.5. The van der Waals surface area contributed by atoms with Crippen LogP contribution in [0.25, 0.3) is 0 Å². The third-order valence-electron chi connectivity index (χ3n) is 2.27. The van der Waals surface area contributed by atoms with E-state index in [1.807, 2.05) is 0 Å². The standard InChI is InChI=1S/C8H13INO4P/c1-13-8(12)6-4-7(11)10(5-6)2-3-14-15-9/h6,15H,2-5H2,1H3. The second-order valence-electron chi connectivity index (χ2n) is 3.19. The van der Waals surface area contributed by atoms with Crippen LogP contribution < -0.4 is 0 Å². The second kappa shape index (κ2) is 6.60. The number of methoxy groups -OCH3 is 1. The van der Waals surface area contributed by atoms with Crippen molar-refractivity contribution in [2.75, 3.05) is 26.8 Å². The summed E-state index contributed by atoms with van der Waals surface area (Å²) in [7, 11) is 1.34. The molecule has 7 heteroatoms. The molecule has 1 aliphatic heterocycles. The Kier molecular flexibility index (Phi) is 5.78. The summed E-state index contributed by atoms with van der Waals surface area (Å²) in [6, 6.07) is 0. The Morgan fingerprint density at radius 3 is 3.07 bits per heavy atom. The van der Waals surface area contributed by atoms with Crippen LogP contribution in [0.5, 0.6) is 0 Å². The van der Waals surface area contributed by atoms with E-state index in [1.165, 1.54) is 7.11 Å². The summed E-state index contributed by atoms with van der Waals surface area (Å²) in [4.78, 5) is 24.3. The summed E-state index contributed by atoms with van der Waals surface area (Å²) in [5.74, 6) is -0.599. The predicted molar refractivity (Wildman–Crippen MR) is 65.0 cm³/mol. The first-order valence-electron chi connectivity index (χ1n) is 4.52. The number of hydrogen-bond donors (Lipinski definition) is 0. The summed E-state index contributed by atoms with van der Waals surface area (Å²) < 4.78 is 9.78. The predicted octanol–water partition coefficient (Wildman–Crippen LogP) is 0.968. The molecular weight excluding hydrogens is 332 g/mol. The minimum atomic E-state index is -0.303. The lowest BCUT2D eigenvalue weighted by Gasteiger charge is -2.15. The molecule has 2 unspecified atom stereocenters. The normalized spacial score (nSPS) is 21.6. The van der Waals surface area contributed by atoms with E-state index in [9.17, 15) is 9.59 Å². The van der Waals surface area contributed by atoms with Crippen molar-refractivity contribution in [2.24, 2.45) is 5.92 Å². The molecule has 5 nitrogen and oxygen atoms in total. The highest BCUT2D eigenvalue weighted by atomic mass is 127. The molecular formula is C8H13INO4P. The Labute approximate surface area is 103 Å². The van der Waals surface area contributed by atoms with Gasteiger partial charge in [-0.2, -0.15) is 0 Å². The monoisotopic (exact) mass is 345 g/mol. The van der Waals surface area contributed by atoms with E-state index < -0.39 is 0 Å². The number of carbonyl (C=O) groups excluding carboxylic acids is 2. The average Bonchev–Trinajstić information content (AvgIpc) is 2.60. The smallest absolute Gasteiger partial charge is 0.310 e. The molecule has 1 rings (SSSR count). The van der Waals surface area contributed by atoms with E-state index in [1.54, 1.807) is 4.90 Å². The van der Waals surface area contributed by atoms with Gasteiger partial charge in [-0.25, -0.2) is 0 Å². The summed E-state index contributed by atoms with van der Waals surface area (Å²) >= 11 is 2.13. The highest BCUT2D eigenvalue weighted by Gasteiger charge is 2.34. The van der Waals surface area contributed by atoms with Crippen molar-refractivity contribution in [2.45, 2.75) is 6.42 Å². The zero-order chi connectivity index (χ0) is 11.3. The van der Waals surface area contributed by atoms with E-state index in [4.69, 9.17) is 4.52 Å². The fraction of sp³-hybridized carbons (Fsp3) is 0.750. The molecule has 2 atom stereocenters. The molecule has 0 spiro atoms. The van der Waals surface area contributed by atoms with Gasteiger partial charge in [-0.05, 0) is 22.0 Å². The van der Waals surface area contributed by atoms with Crippen molar-refractivity contribution >= 4 is 40.4 Å². The Hall–Kier alpha value is 0.0600. The first-order valence-corrected chi connectivity index (χ1v) is 8.54. The van der Waals surface area contributed by atoms with E-state index in [2.05, 4.69) is 26.8 Å². The molecule has 1 fully saturated rings. The Morgan fingerprint density at radius 2 is 2.47 bits per heavy atom. The Balaban J connectivity index is 2.35. The number of ether oxygens (including phenoxy) is 1. The number of nitrogens with zero attached hydrogens (tertiary/aromatic N) is 1. The molecule has 0 aromatic carbocycles. The summed E-state index contributed by atoms with van der Waals surface area (Å²) in [5, 5.41) is 0. The van der Waals surface area contributed by atoms with Crippen LogP contribution in [0.4, 0.5) is 0 Å². The van der Waals surface area contributed by atoms with Gasteiger partial charge in [0.15, 0.2) is 0 Å². The fourth-order valence-electron chi connectivity index (χ4n) is 1.51. The van der Waals surface area contributed by atoms with Gasteiger partial charge in [-0.1, -0.05) is 0 Å². The molecule has 1 amide bonds. The van der Waals surface area contributed by atoms with E-state index in [0.717, 1.165) is 0 Å². The molecule has 1 heterocycles. The third kappa shape index (κ3) is 3.85. The van der Waals surface area contributed by atoms with Crippen LogP contribution in [0.3, 0.4) is 0 Å². The van der Waals surface area contributed by atoms with Gasteiger partial charge in [0.2, 0.25) is 5.91 Å². The van der Waals surface area contributed by atoms with Gasteiger partial charge in [0.1, 0.15) is 0 Å². The molecule has 0 aromatic heterocycles. The number of esters is 1. The number of carbonyl (C=O) groups is 2. The average molecular weight is 345 g/mol. The van der Waals surface area contributed by atoms with Gasteiger partial charge in [0.25, 0.3) is 0 Å². The van der Waals surface area contributed by atoms with E-state index in [0.29, 0.717) is 26.1 Å². The van der Waals surface area contributed by atoms with Crippen LogP contribution in [0.1, 0.15) is 6.42 Å². The number of amides is 1. The van der Waals surface area contributed by atoms with E-state index >= 15 is 0 Å². The maximum absolute atomic E-state index is 11.5. The summed E-state index contributed by atoms with van der Waals surface area (Å²) in [6.45, 7) is 1.95. The molecule has 86 valence electrons. The summed E-state index contributed by atoms with van der Waals surface area (Å²) in [5.41, 5.74) is 0. The van der Waals surface area contributed by atoms with Crippen molar-refractivity contribution in [1.29, 1.82) is 0 Å². The second-order valence-corrected chi connectivity index (χ2v) is 4.95. The van der Waals surface area contributed by atoms with Gasteiger partial charge < -0.3 is 14.2 Å². The van der Waals surface area contributed by atoms with Crippen molar-refractivity contribution in [3.05, 3.63) is 0 Å². The number of hydrogen-bond acceptors (Lipinski definition) is 4. The van der Waals surface area contributed by atoms with E-state index in [-0.39, 0.29) is 24.2 Å². The number of likely N-dealkylation sites (tertiary alicyclic amines) is 1. The van der Waals surface area contributed by atoms with Gasteiger partial charge in [-0.3, -0.25) is 9.59 Å². The molecule has 0 aromatic rings. The van der Waals surface area contributed by atoms with Gasteiger partial charge in [0.05, 0.1) is 26.1 Å². The maximum atomic E-state index is 11.5. The van der Waals surface area contributed by atoms with Crippen LogP contribution >= 0.6 is 28.5 Å². The maximum Gasteiger partial charge on any atom is 0.310 e. The highest BCUT2D eigenvalue weighted by molar-refractivity contribution is 14.2. The minimum Gasteiger partial charge on any atom is -0.469 e. The quantitative estimate of drug-likeness (QED) is 0.323. The minimum absolute atomic E-state index is 0.00536. The van der Waals surface area contributed by atoms with Gasteiger partial charge in [0, 0.05) is 19.5 Å². The van der Waals surface area contributed by atoms with Crippen molar-refractivity contribution in [3.8, 4) is 0 Å². The fourth-order valence-corrected chi connectivity index (χ4v) is 2.34.